The van der Waals surface area contributed by atoms with Crippen LogP contribution >= 0.6 is 0 Å². The summed E-state index contributed by atoms with van der Waals surface area (Å²) in [6.07, 6.45) is 0.868. The molecule has 0 radical (unpaired) electrons. The van der Waals surface area contributed by atoms with Crippen molar-refractivity contribution in [2.24, 2.45) is 5.92 Å². The summed E-state index contributed by atoms with van der Waals surface area (Å²) in [4.78, 5) is 12.8. The number of sulfonamides is 1. The highest BCUT2D eigenvalue weighted by Gasteiger charge is 2.32. The Labute approximate surface area is 172 Å². The lowest BCUT2D eigenvalue weighted by molar-refractivity contribution is -0.120. The largest absolute Gasteiger partial charge is 0.326 e. The van der Waals surface area contributed by atoms with Crippen molar-refractivity contribution >= 4 is 21.6 Å². The number of carbonyl (C=O) groups is 1. The molecular formula is C22H27FN2O3S. The van der Waals surface area contributed by atoms with Crippen LogP contribution in [0.5, 0.6) is 0 Å². The minimum atomic E-state index is -3.57. The van der Waals surface area contributed by atoms with Gasteiger partial charge in [-0.2, -0.15) is 4.31 Å². The van der Waals surface area contributed by atoms with Crippen molar-refractivity contribution in [1.29, 1.82) is 0 Å². The molecule has 0 bridgehead atoms. The summed E-state index contributed by atoms with van der Waals surface area (Å²) in [6.45, 7) is 6.49. The number of hydrogen-bond acceptors (Lipinski definition) is 3. The minimum Gasteiger partial charge on any atom is -0.326 e. The van der Waals surface area contributed by atoms with Crippen molar-refractivity contribution in [2.75, 3.05) is 18.4 Å². The van der Waals surface area contributed by atoms with E-state index in [0.29, 0.717) is 24.4 Å². The van der Waals surface area contributed by atoms with Crippen LogP contribution in [0.3, 0.4) is 0 Å². The molecule has 0 saturated carbocycles. The molecule has 1 amide bonds. The maximum atomic E-state index is 13.4. The first-order chi connectivity index (χ1) is 13.7. The molecule has 0 unspecified atom stereocenters. The van der Waals surface area contributed by atoms with Gasteiger partial charge in [-0.3, -0.25) is 4.79 Å². The minimum absolute atomic E-state index is 0.197. The molecule has 1 aliphatic heterocycles. The lowest BCUT2D eigenvalue weighted by Crippen LogP contribution is -2.41. The van der Waals surface area contributed by atoms with Gasteiger partial charge in [-0.05, 0) is 61.1 Å². The van der Waals surface area contributed by atoms with Gasteiger partial charge in [0.25, 0.3) is 0 Å². The van der Waals surface area contributed by atoms with Gasteiger partial charge in [0.1, 0.15) is 5.82 Å². The van der Waals surface area contributed by atoms with E-state index in [2.05, 4.69) is 19.2 Å². The number of nitrogens with zero attached hydrogens (tertiary/aromatic N) is 1. The Morgan fingerprint density at radius 2 is 1.72 bits per heavy atom. The van der Waals surface area contributed by atoms with Crippen LogP contribution in [0, 0.1) is 18.7 Å². The number of nitrogens with one attached hydrogen (secondary N) is 1. The van der Waals surface area contributed by atoms with Gasteiger partial charge in [0.2, 0.25) is 15.9 Å². The standard InChI is InChI=1S/C22H27FN2O3S/c1-15(2)17-5-8-20(9-6-17)29(27,28)25-12-10-18(11-13-25)22(26)24-21-14-19(23)7-4-16(21)3/h4-9,14-15,18H,10-13H2,1-3H3,(H,24,26). The van der Waals surface area contributed by atoms with Crippen molar-refractivity contribution in [3.8, 4) is 0 Å². The first-order valence-corrected chi connectivity index (χ1v) is 11.3. The molecular weight excluding hydrogens is 391 g/mol. The third kappa shape index (κ3) is 4.85. The highest BCUT2D eigenvalue weighted by molar-refractivity contribution is 7.89. The third-order valence-electron chi connectivity index (χ3n) is 5.47. The molecule has 1 aliphatic rings. The zero-order valence-corrected chi connectivity index (χ0v) is 17.8. The lowest BCUT2D eigenvalue weighted by atomic mass is 9.97. The highest BCUT2D eigenvalue weighted by Crippen LogP contribution is 2.26. The number of anilines is 1. The summed E-state index contributed by atoms with van der Waals surface area (Å²) in [5.41, 5.74) is 2.33. The second-order valence-electron chi connectivity index (χ2n) is 7.85. The Morgan fingerprint density at radius 1 is 1.10 bits per heavy atom. The normalized spacial score (nSPS) is 16.2. The molecule has 0 aromatic heterocycles. The fraction of sp³-hybridized carbons (Fsp3) is 0.409. The first kappa shape index (κ1) is 21.5. The number of benzene rings is 2. The molecule has 2 aromatic rings. The van der Waals surface area contributed by atoms with E-state index in [1.54, 1.807) is 25.1 Å². The second kappa shape index (κ2) is 8.63. The van der Waals surface area contributed by atoms with Crippen molar-refractivity contribution in [2.45, 2.75) is 44.4 Å². The van der Waals surface area contributed by atoms with Crippen LogP contribution in [0.2, 0.25) is 0 Å². The van der Waals surface area contributed by atoms with Crippen molar-refractivity contribution in [1.82, 2.24) is 4.31 Å². The first-order valence-electron chi connectivity index (χ1n) is 9.85. The van der Waals surface area contributed by atoms with Crippen molar-refractivity contribution in [3.05, 3.63) is 59.4 Å². The monoisotopic (exact) mass is 418 g/mol. The Kier molecular flexibility index (Phi) is 6.39. The molecule has 2 aromatic carbocycles. The maximum Gasteiger partial charge on any atom is 0.243 e. The van der Waals surface area contributed by atoms with E-state index in [1.807, 2.05) is 12.1 Å². The number of hydrogen-bond donors (Lipinski definition) is 1. The quantitative estimate of drug-likeness (QED) is 0.787. The van der Waals surface area contributed by atoms with Crippen LogP contribution in [-0.2, 0) is 14.8 Å². The highest BCUT2D eigenvalue weighted by atomic mass is 32.2. The zero-order chi connectivity index (χ0) is 21.2. The summed E-state index contributed by atoms with van der Waals surface area (Å²) >= 11 is 0. The summed E-state index contributed by atoms with van der Waals surface area (Å²) in [7, 11) is -3.57. The number of amides is 1. The topological polar surface area (TPSA) is 66.5 Å². The van der Waals surface area contributed by atoms with Gasteiger partial charge < -0.3 is 5.32 Å². The molecule has 5 nitrogen and oxygen atoms in total. The van der Waals surface area contributed by atoms with E-state index in [4.69, 9.17) is 0 Å². The molecule has 1 fully saturated rings. The van der Waals surface area contributed by atoms with Gasteiger partial charge in [-0.1, -0.05) is 32.0 Å². The summed E-state index contributed by atoms with van der Waals surface area (Å²) in [6, 6.07) is 11.3. The average molecular weight is 419 g/mol. The third-order valence-corrected chi connectivity index (χ3v) is 7.38. The summed E-state index contributed by atoms with van der Waals surface area (Å²) < 4.78 is 40.7. The van der Waals surface area contributed by atoms with Crippen LogP contribution in [0.15, 0.2) is 47.4 Å². The Balaban J connectivity index is 1.63. The summed E-state index contributed by atoms with van der Waals surface area (Å²) in [5, 5.41) is 2.78. The molecule has 1 N–H and O–H groups in total. The predicted octanol–water partition coefficient (Wildman–Crippen LogP) is 4.30. The Bertz CT molecular complexity index is 980. The van der Waals surface area contributed by atoms with E-state index in [1.165, 1.54) is 16.4 Å². The smallest absolute Gasteiger partial charge is 0.243 e. The van der Waals surface area contributed by atoms with Gasteiger partial charge in [-0.25, -0.2) is 12.8 Å². The van der Waals surface area contributed by atoms with Crippen molar-refractivity contribution in [3.63, 3.8) is 0 Å². The molecule has 0 atom stereocenters. The van der Waals surface area contributed by atoms with Crippen LogP contribution in [0.25, 0.3) is 0 Å². The van der Waals surface area contributed by atoms with Crippen LogP contribution in [0.4, 0.5) is 10.1 Å². The average Bonchev–Trinajstić information content (AvgIpc) is 2.71. The molecule has 1 heterocycles. The lowest BCUT2D eigenvalue weighted by Gasteiger charge is -2.30. The fourth-order valence-corrected chi connectivity index (χ4v) is 4.97. The maximum absolute atomic E-state index is 13.4. The Hall–Kier alpha value is -2.25. The molecule has 1 saturated heterocycles. The van der Waals surface area contributed by atoms with E-state index in [-0.39, 0.29) is 29.8 Å². The van der Waals surface area contributed by atoms with Gasteiger partial charge in [-0.15, -0.1) is 0 Å². The summed E-state index contributed by atoms with van der Waals surface area (Å²) in [5.74, 6) is -0.567. The Morgan fingerprint density at radius 3 is 2.31 bits per heavy atom. The van der Waals surface area contributed by atoms with Crippen LogP contribution in [-0.4, -0.2) is 31.7 Å². The van der Waals surface area contributed by atoms with E-state index >= 15 is 0 Å². The molecule has 156 valence electrons. The predicted molar refractivity (Wildman–Crippen MR) is 112 cm³/mol. The molecule has 0 aliphatic carbocycles. The van der Waals surface area contributed by atoms with E-state index in [9.17, 15) is 17.6 Å². The van der Waals surface area contributed by atoms with E-state index in [0.717, 1.165) is 11.1 Å². The van der Waals surface area contributed by atoms with Gasteiger partial charge in [0, 0.05) is 24.7 Å². The zero-order valence-electron chi connectivity index (χ0n) is 17.0. The fourth-order valence-electron chi connectivity index (χ4n) is 3.50. The number of halogens is 1. The number of piperidine rings is 1. The van der Waals surface area contributed by atoms with Gasteiger partial charge in [0.05, 0.1) is 4.90 Å². The number of rotatable bonds is 5. The molecule has 7 heteroatoms. The van der Waals surface area contributed by atoms with Crippen LogP contribution < -0.4 is 5.32 Å². The van der Waals surface area contributed by atoms with Crippen molar-refractivity contribution < 1.29 is 17.6 Å². The molecule has 3 rings (SSSR count). The number of aryl methyl sites for hydroxylation is 1. The SMILES string of the molecule is Cc1ccc(F)cc1NC(=O)C1CCN(S(=O)(=O)c2ccc(C(C)C)cc2)CC1. The second-order valence-corrected chi connectivity index (χ2v) is 9.79. The van der Waals surface area contributed by atoms with Crippen LogP contribution in [0.1, 0.15) is 43.7 Å². The number of carbonyl (C=O) groups excluding carboxylic acids is 1. The van der Waals surface area contributed by atoms with E-state index < -0.39 is 15.8 Å². The molecule has 29 heavy (non-hydrogen) atoms. The van der Waals surface area contributed by atoms with Gasteiger partial charge >= 0.3 is 0 Å². The molecule has 0 spiro atoms. The van der Waals surface area contributed by atoms with Gasteiger partial charge in [0.15, 0.2) is 0 Å².